The molecule has 0 saturated carbocycles. The van der Waals surface area contributed by atoms with Gasteiger partial charge >= 0.3 is 0 Å². The number of carbonyl (C=O) groups is 2. The van der Waals surface area contributed by atoms with Gasteiger partial charge in [0.05, 0.1) is 18.7 Å². The predicted octanol–water partition coefficient (Wildman–Crippen LogP) is 3.23. The minimum atomic E-state index is -0.331. The average molecular weight is 396 g/mol. The summed E-state index contributed by atoms with van der Waals surface area (Å²) in [4.78, 5) is 33.8. The number of methoxy groups -OCH3 is 1. The van der Waals surface area contributed by atoms with Gasteiger partial charge in [-0.3, -0.25) is 14.6 Å². The summed E-state index contributed by atoms with van der Waals surface area (Å²) >= 11 is 0. The molecule has 1 fully saturated rings. The number of rotatable bonds is 8. The maximum atomic E-state index is 13.2. The van der Waals surface area contributed by atoms with E-state index in [1.165, 1.54) is 0 Å². The van der Waals surface area contributed by atoms with Crippen molar-refractivity contribution in [1.82, 2.24) is 9.88 Å². The third-order valence-electron chi connectivity index (χ3n) is 5.27. The van der Waals surface area contributed by atoms with Crippen molar-refractivity contribution in [2.24, 2.45) is 5.92 Å². The monoisotopic (exact) mass is 395 g/mol. The Labute approximate surface area is 172 Å². The molecule has 0 N–H and O–H groups in total. The van der Waals surface area contributed by atoms with Crippen LogP contribution in [0.3, 0.4) is 0 Å². The smallest absolute Gasteiger partial charge is 0.228 e. The van der Waals surface area contributed by atoms with E-state index >= 15 is 0 Å². The van der Waals surface area contributed by atoms with Crippen LogP contribution in [0.4, 0.5) is 5.69 Å². The number of aromatic nitrogens is 1. The Morgan fingerprint density at radius 1 is 1.28 bits per heavy atom. The lowest BCUT2D eigenvalue weighted by Gasteiger charge is -2.25. The number of aryl methyl sites for hydroxylation is 1. The molecular weight excluding hydrogens is 366 g/mol. The maximum Gasteiger partial charge on any atom is 0.228 e. The fraction of sp³-hybridized carbons (Fsp3) is 0.435. The number of nitrogens with zero attached hydrogens (tertiary/aromatic N) is 3. The van der Waals surface area contributed by atoms with E-state index in [1.54, 1.807) is 18.2 Å². The fourth-order valence-electron chi connectivity index (χ4n) is 3.77. The molecule has 0 aliphatic carbocycles. The van der Waals surface area contributed by atoms with Crippen molar-refractivity contribution in [3.63, 3.8) is 0 Å². The van der Waals surface area contributed by atoms with E-state index in [4.69, 9.17) is 4.74 Å². The molecule has 6 nitrogen and oxygen atoms in total. The van der Waals surface area contributed by atoms with Crippen LogP contribution in [0.2, 0.25) is 0 Å². The zero-order valence-corrected chi connectivity index (χ0v) is 17.4. The Kier molecular flexibility index (Phi) is 6.86. The van der Waals surface area contributed by atoms with Gasteiger partial charge < -0.3 is 14.5 Å². The molecular formula is C23H29N3O3. The predicted molar refractivity (Wildman–Crippen MR) is 113 cm³/mol. The Morgan fingerprint density at radius 2 is 2.10 bits per heavy atom. The van der Waals surface area contributed by atoms with Crippen LogP contribution in [-0.4, -0.2) is 48.4 Å². The largest absolute Gasteiger partial charge is 0.495 e. The lowest BCUT2D eigenvalue weighted by Crippen LogP contribution is -2.39. The Morgan fingerprint density at radius 3 is 2.79 bits per heavy atom. The molecule has 1 atom stereocenters. The minimum Gasteiger partial charge on any atom is -0.495 e. The summed E-state index contributed by atoms with van der Waals surface area (Å²) in [5, 5.41) is 0. The van der Waals surface area contributed by atoms with Crippen molar-refractivity contribution in [3.8, 4) is 5.75 Å². The van der Waals surface area contributed by atoms with Crippen LogP contribution in [-0.2, 0) is 16.0 Å². The second kappa shape index (κ2) is 9.54. The highest BCUT2D eigenvalue weighted by molar-refractivity contribution is 6.01. The fourth-order valence-corrected chi connectivity index (χ4v) is 3.77. The first-order chi connectivity index (χ1) is 14.0. The molecule has 6 heteroatoms. The molecule has 1 saturated heterocycles. The molecule has 1 aromatic carbocycles. The zero-order chi connectivity index (χ0) is 20.8. The molecule has 0 radical (unpaired) electrons. The van der Waals surface area contributed by atoms with E-state index < -0.39 is 0 Å². The lowest BCUT2D eigenvalue weighted by molar-refractivity contribution is -0.135. The van der Waals surface area contributed by atoms with Gasteiger partial charge in [-0.05, 0) is 43.2 Å². The highest BCUT2D eigenvalue weighted by atomic mass is 16.5. The van der Waals surface area contributed by atoms with Crippen LogP contribution >= 0.6 is 0 Å². The SMILES string of the molecule is CCCN(CCc1ccccn1)C(=O)C1CC(=O)N(c2cc(C)ccc2OC)C1. The van der Waals surface area contributed by atoms with Crippen LogP contribution in [0.15, 0.2) is 42.6 Å². The molecule has 0 spiro atoms. The molecule has 1 unspecified atom stereocenters. The highest BCUT2D eigenvalue weighted by Crippen LogP contribution is 2.34. The molecule has 2 aromatic rings. The lowest BCUT2D eigenvalue weighted by atomic mass is 10.1. The molecule has 2 amide bonds. The number of amides is 2. The van der Waals surface area contributed by atoms with Crippen LogP contribution in [0.25, 0.3) is 0 Å². The number of hydrogen-bond acceptors (Lipinski definition) is 4. The first-order valence-corrected chi connectivity index (χ1v) is 10.2. The summed E-state index contributed by atoms with van der Waals surface area (Å²) in [6, 6.07) is 11.6. The number of benzene rings is 1. The van der Waals surface area contributed by atoms with E-state index in [2.05, 4.69) is 11.9 Å². The first kappa shape index (κ1) is 20.8. The third-order valence-corrected chi connectivity index (χ3v) is 5.27. The van der Waals surface area contributed by atoms with Crippen LogP contribution in [0.1, 0.15) is 31.0 Å². The Bertz CT molecular complexity index is 854. The molecule has 2 heterocycles. The summed E-state index contributed by atoms with van der Waals surface area (Å²) in [7, 11) is 1.60. The summed E-state index contributed by atoms with van der Waals surface area (Å²) in [5.41, 5.74) is 2.75. The number of ether oxygens (including phenoxy) is 1. The molecule has 154 valence electrons. The topological polar surface area (TPSA) is 62.7 Å². The number of pyridine rings is 1. The summed E-state index contributed by atoms with van der Waals surface area (Å²) in [5.74, 6) is 0.333. The van der Waals surface area contributed by atoms with Crippen molar-refractivity contribution >= 4 is 17.5 Å². The molecule has 1 aliphatic rings. The van der Waals surface area contributed by atoms with E-state index in [0.717, 1.165) is 23.4 Å². The summed E-state index contributed by atoms with van der Waals surface area (Å²) in [6.07, 6.45) is 3.59. The van der Waals surface area contributed by atoms with Crippen molar-refractivity contribution in [3.05, 3.63) is 53.9 Å². The number of hydrogen-bond donors (Lipinski definition) is 0. The van der Waals surface area contributed by atoms with Gasteiger partial charge in [0.2, 0.25) is 11.8 Å². The van der Waals surface area contributed by atoms with Crippen molar-refractivity contribution in [1.29, 1.82) is 0 Å². The third kappa shape index (κ3) is 4.94. The van der Waals surface area contributed by atoms with Gasteiger partial charge in [-0.2, -0.15) is 0 Å². The van der Waals surface area contributed by atoms with Crippen molar-refractivity contribution in [2.75, 3.05) is 31.6 Å². The van der Waals surface area contributed by atoms with Gasteiger partial charge in [0, 0.05) is 44.4 Å². The van der Waals surface area contributed by atoms with Gasteiger partial charge in [0.1, 0.15) is 5.75 Å². The number of carbonyl (C=O) groups excluding carboxylic acids is 2. The normalized spacial score (nSPS) is 16.2. The van der Waals surface area contributed by atoms with Gasteiger partial charge in [-0.25, -0.2) is 0 Å². The summed E-state index contributed by atoms with van der Waals surface area (Å²) < 4.78 is 5.43. The Hall–Kier alpha value is -2.89. The van der Waals surface area contributed by atoms with Crippen molar-refractivity contribution < 1.29 is 14.3 Å². The van der Waals surface area contributed by atoms with E-state index in [9.17, 15) is 9.59 Å². The average Bonchev–Trinajstić information content (AvgIpc) is 3.12. The molecule has 3 rings (SSSR count). The van der Waals surface area contributed by atoms with Gasteiger partial charge in [0.15, 0.2) is 0 Å². The quantitative estimate of drug-likeness (QED) is 0.688. The first-order valence-electron chi connectivity index (χ1n) is 10.2. The maximum absolute atomic E-state index is 13.2. The molecule has 0 bridgehead atoms. The standard InChI is InChI=1S/C23H29N3O3/c1-4-12-25(13-10-19-7-5-6-11-24-19)23(28)18-15-22(27)26(16-18)20-14-17(2)8-9-21(20)29-3/h5-9,11,14,18H,4,10,12-13,15-16H2,1-3H3. The molecule has 1 aromatic heterocycles. The van der Waals surface area contributed by atoms with Crippen LogP contribution < -0.4 is 9.64 Å². The molecule has 29 heavy (non-hydrogen) atoms. The van der Waals surface area contributed by atoms with Gasteiger partial charge in [-0.1, -0.05) is 19.1 Å². The zero-order valence-electron chi connectivity index (χ0n) is 17.4. The van der Waals surface area contributed by atoms with E-state index in [-0.39, 0.29) is 24.2 Å². The van der Waals surface area contributed by atoms with Gasteiger partial charge in [0.25, 0.3) is 0 Å². The van der Waals surface area contributed by atoms with E-state index in [0.29, 0.717) is 31.8 Å². The second-order valence-electron chi connectivity index (χ2n) is 7.48. The molecule has 1 aliphatic heterocycles. The van der Waals surface area contributed by atoms with Crippen molar-refractivity contribution in [2.45, 2.75) is 33.1 Å². The van der Waals surface area contributed by atoms with E-state index in [1.807, 2.05) is 48.2 Å². The second-order valence-corrected chi connectivity index (χ2v) is 7.48. The van der Waals surface area contributed by atoms with Crippen LogP contribution in [0, 0.1) is 12.8 Å². The van der Waals surface area contributed by atoms with Gasteiger partial charge in [-0.15, -0.1) is 0 Å². The summed E-state index contributed by atoms with van der Waals surface area (Å²) in [6.45, 7) is 5.73. The highest BCUT2D eigenvalue weighted by Gasteiger charge is 2.38. The Balaban J connectivity index is 1.71. The minimum absolute atomic E-state index is 0.0339. The number of anilines is 1. The van der Waals surface area contributed by atoms with Crippen LogP contribution in [0.5, 0.6) is 5.75 Å².